The van der Waals surface area contributed by atoms with Crippen LogP contribution in [0.2, 0.25) is 0 Å². The third-order valence-corrected chi connectivity index (χ3v) is 30.1. The summed E-state index contributed by atoms with van der Waals surface area (Å²) in [6.45, 7) is 52.5. The third kappa shape index (κ3) is 29.1. The first-order chi connectivity index (χ1) is 73.0. The maximum atomic E-state index is 11.6. The van der Waals surface area contributed by atoms with Crippen LogP contribution in [0.3, 0.4) is 0 Å². The first kappa shape index (κ1) is 121. The molecule has 24 rings (SSSR count). The summed E-state index contributed by atoms with van der Waals surface area (Å²) in [5, 5.41) is 36.4. The average molecular weight is 2130 g/mol. The van der Waals surface area contributed by atoms with Crippen LogP contribution in [0.4, 0.5) is 11.4 Å². The van der Waals surface area contributed by atoms with Crippen LogP contribution in [0.5, 0.6) is 0 Å². The first-order valence-electron chi connectivity index (χ1n) is 54.6. The molecule has 0 saturated carbocycles. The highest BCUT2D eigenvalue weighted by molar-refractivity contribution is 9.11. The summed E-state index contributed by atoms with van der Waals surface area (Å²) >= 11 is 6.77. The van der Waals surface area contributed by atoms with Crippen molar-refractivity contribution < 1.29 is 19.2 Å². The van der Waals surface area contributed by atoms with E-state index < -0.39 is 12.8 Å². The Morgan fingerprint density at radius 1 is 0.235 bits per heavy atom. The zero-order chi connectivity index (χ0) is 109. The van der Waals surface area contributed by atoms with Crippen molar-refractivity contribution in [3.8, 4) is 22.3 Å². The summed E-state index contributed by atoms with van der Waals surface area (Å²) in [6.07, 6.45) is 9.07. The fraction of sp³-hybridized carbons (Fsp3) is 0.270. The third-order valence-electron chi connectivity index (χ3n) is 26.4. The van der Waals surface area contributed by atoms with Crippen LogP contribution >= 0.6 is 39.8 Å². The molecule has 6 aliphatic rings. The van der Waals surface area contributed by atoms with Gasteiger partial charge < -0.3 is 9.31 Å². The number of para-hydroxylation sites is 2. The van der Waals surface area contributed by atoms with Crippen molar-refractivity contribution in [1.29, 1.82) is 0 Å². The molecule has 1 heterocycles. The Morgan fingerprint density at radius 2 is 0.503 bits per heavy atom. The number of fused-ring (bicyclic) bond motifs is 21. The van der Waals surface area contributed by atoms with Crippen LogP contribution in [0.25, 0.3) is 65.3 Å². The quantitative estimate of drug-likeness (QED) is 0.0681. The van der Waals surface area contributed by atoms with Crippen LogP contribution in [0, 0.1) is 20.2 Å². The molecule has 0 N–H and O–H groups in total. The number of benzene rings is 18. The van der Waals surface area contributed by atoms with E-state index in [4.69, 9.17) is 9.31 Å². The van der Waals surface area contributed by atoms with Crippen molar-refractivity contribution in [2.45, 2.75) is 249 Å². The van der Waals surface area contributed by atoms with Crippen molar-refractivity contribution in [3.63, 3.8) is 0 Å². The SMILES string of the molecule is Brc1cc2c(c3ccccc13)Cc1ccccc1C2.CC.CC.CC.CC.CC.CC.CC.CC.CC.CC.CC.CC1(C)OB(c2cc3c(c4ccccc24)Cc2ccccc2C3)OC1(C)C.O=[N+]([O-])c1ccccc1-c1cc2c(c3ccccc13)Cc1ccccc1C2.O=[N+]([O-])c1ccccc1Br.c1ccc(P(c2ccccc2)c2ccccc2)cc1.c1ccc2c(c1)Cc1c3c(c4ccccc4c1C2)-c1ccccc1C3. The first-order valence-corrected chi connectivity index (χ1v) is 57.5. The van der Waals surface area contributed by atoms with E-state index in [0.29, 0.717) is 10.0 Å². The van der Waals surface area contributed by atoms with Gasteiger partial charge in [-0.3, -0.25) is 20.2 Å². The number of hydrogen-bond donors (Lipinski definition) is 0. The lowest BCUT2D eigenvalue weighted by Crippen LogP contribution is -2.41. The van der Waals surface area contributed by atoms with Crippen LogP contribution in [0.1, 0.15) is 280 Å². The Bertz CT molecular complexity index is 7160. The number of rotatable bonds is 7. The summed E-state index contributed by atoms with van der Waals surface area (Å²) in [5.41, 5.74) is 31.4. The van der Waals surface area contributed by atoms with Crippen LogP contribution in [-0.2, 0) is 67.1 Å². The maximum absolute atomic E-state index is 11.6. The smallest absolute Gasteiger partial charge is 0.399 e. The minimum Gasteiger partial charge on any atom is -0.399 e. The molecule has 774 valence electrons. The zero-order valence-electron chi connectivity index (χ0n) is 93.3. The standard InChI is InChI=1S/C25H18.C24H25BO2.C24H17NO2.C18H13Br.C18H15P.C6H4BrNO2.11C2H6/c1-2-8-17-14-23-22(13-16(17)7-1)20-11-5-6-12-21(20)25-19-10-4-3-9-18(19)15-24(23)25;1-23(2)24(3,4)27-25(26-23)22-15-18-13-16-9-5-6-10-17(16)14-21(18)19-11-7-8-12-20(19)22;26-25(27)24-12-6-5-11-21(24)23-15-18-13-16-7-1-2-8-17(16)14-22(18)19-9-3-4-10-20(19)23;19-18-11-14-9-12-5-1-2-6-13(12)10-17(14)15-7-3-4-8-16(15)18;1-4-10-16(11-5-1)19(17-12-6-2-7-13-17)18-14-8-3-9-15-18;7-5-3-1-2-4-6(5)8(9)10;11*1-2/h1-12H,13-15H2;5-12,15H,13-14H2,1-4H3;1-12,15H,13-14H2;1-8,11H,9-10H2;1-15H;1-4H;11*1-2H3. The minimum atomic E-state index is -0.446. The minimum absolute atomic E-state index is 0.0995. The van der Waals surface area contributed by atoms with E-state index in [1.165, 1.54) is 159 Å². The van der Waals surface area contributed by atoms with E-state index in [-0.39, 0.29) is 34.6 Å². The number of nitrogens with zero attached hydrogens (tertiary/aromatic N) is 2. The Morgan fingerprint density at radius 3 is 0.893 bits per heavy atom. The molecule has 18 aromatic carbocycles. The molecular formula is C137H158BBr2N2O6P. The molecule has 0 aromatic heterocycles. The zero-order valence-corrected chi connectivity index (χ0v) is 97.4. The lowest BCUT2D eigenvalue weighted by molar-refractivity contribution is -0.385. The molecule has 0 unspecified atom stereocenters. The molecule has 1 fully saturated rings. The van der Waals surface area contributed by atoms with Crippen molar-refractivity contribution >= 4 is 123 Å². The Hall–Kier alpha value is -12.8. The second-order valence-electron chi connectivity index (χ2n) is 34.4. The summed E-state index contributed by atoms with van der Waals surface area (Å²) in [5.74, 6) is 0. The van der Waals surface area contributed by atoms with Crippen LogP contribution in [0.15, 0.2) is 385 Å². The highest BCUT2D eigenvalue weighted by atomic mass is 79.9. The molecule has 1 saturated heterocycles. The van der Waals surface area contributed by atoms with E-state index in [2.05, 4.69) is 375 Å². The van der Waals surface area contributed by atoms with Gasteiger partial charge in [-0.05, 0) is 315 Å². The molecule has 149 heavy (non-hydrogen) atoms. The predicted molar refractivity (Wildman–Crippen MR) is 659 cm³/mol. The summed E-state index contributed by atoms with van der Waals surface area (Å²) in [6, 6.07) is 131. The van der Waals surface area contributed by atoms with E-state index >= 15 is 0 Å². The molecule has 0 bridgehead atoms. The predicted octanol–water partition coefficient (Wildman–Crippen LogP) is 38.6. The van der Waals surface area contributed by atoms with Crippen molar-refractivity contribution in [3.05, 3.63) is 505 Å². The van der Waals surface area contributed by atoms with Gasteiger partial charge in [-0.15, -0.1) is 0 Å². The highest BCUT2D eigenvalue weighted by Crippen LogP contribution is 2.49. The Balaban J connectivity index is 0.000000213. The topological polar surface area (TPSA) is 105 Å². The molecular weight excluding hydrogens is 1970 g/mol. The number of halogens is 2. The molecule has 5 aliphatic carbocycles. The number of nitro benzene ring substituents is 2. The van der Waals surface area contributed by atoms with E-state index in [0.717, 1.165) is 74.2 Å². The van der Waals surface area contributed by atoms with E-state index in [1.807, 2.05) is 177 Å². The fourth-order valence-corrected chi connectivity index (χ4v) is 22.8. The normalized spacial score (nSPS) is 12.3. The molecule has 12 heteroatoms. The van der Waals surface area contributed by atoms with Gasteiger partial charge in [-0.2, -0.15) is 0 Å². The van der Waals surface area contributed by atoms with Gasteiger partial charge in [-0.25, -0.2) is 0 Å². The molecule has 0 amide bonds. The second-order valence-corrected chi connectivity index (χ2v) is 38.3. The monoisotopic (exact) mass is 2130 g/mol. The van der Waals surface area contributed by atoms with Gasteiger partial charge in [0.15, 0.2) is 0 Å². The van der Waals surface area contributed by atoms with Gasteiger partial charge in [0.2, 0.25) is 0 Å². The van der Waals surface area contributed by atoms with Gasteiger partial charge >= 0.3 is 7.12 Å². The van der Waals surface area contributed by atoms with Crippen LogP contribution in [-0.4, -0.2) is 28.2 Å². The molecule has 1 aliphatic heterocycles. The van der Waals surface area contributed by atoms with Crippen LogP contribution < -0.4 is 21.4 Å². The maximum Gasteiger partial charge on any atom is 0.495 e. The van der Waals surface area contributed by atoms with Crippen molar-refractivity contribution in [2.75, 3.05) is 0 Å². The van der Waals surface area contributed by atoms with Gasteiger partial charge in [0.25, 0.3) is 11.4 Å². The van der Waals surface area contributed by atoms with E-state index in [9.17, 15) is 20.2 Å². The molecule has 0 spiro atoms. The second kappa shape index (κ2) is 62.0. The highest BCUT2D eigenvalue weighted by Gasteiger charge is 2.52. The van der Waals surface area contributed by atoms with Crippen molar-refractivity contribution in [1.82, 2.24) is 0 Å². The van der Waals surface area contributed by atoms with Gasteiger partial charge in [0.05, 0.1) is 31.1 Å². The fourth-order valence-electron chi connectivity index (χ4n) is 19.4. The van der Waals surface area contributed by atoms with Gasteiger partial charge in [-0.1, -0.05) is 508 Å². The average Bonchev–Trinajstić information content (AvgIpc) is 1.55. The number of nitro groups is 2. The number of hydrogen-bond acceptors (Lipinski definition) is 6. The molecule has 8 nitrogen and oxygen atoms in total. The van der Waals surface area contributed by atoms with Crippen molar-refractivity contribution in [2.24, 2.45) is 0 Å². The van der Waals surface area contributed by atoms with Gasteiger partial charge in [0.1, 0.15) is 0 Å². The Kier molecular flexibility index (Phi) is 50.5. The molecule has 18 aromatic rings. The van der Waals surface area contributed by atoms with E-state index in [1.54, 1.807) is 47.0 Å². The molecule has 0 atom stereocenters. The van der Waals surface area contributed by atoms with Gasteiger partial charge in [0, 0.05) is 16.6 Å². The lowest BCUT2D eigenvalue weighted by Gasteiger charge is -2.32. The summed E-state index contributed by atoms with van der Waals surface area (Å²) < 4.78 is 14.5. The Labute approximate surface area is 911 Å². The summed E-state index contributed by atoms with van der Waals surface area (Å²) in [4.78, 5) is 21.1. The lowest BCUT2D eigenvalue weighted by atomic mass is 9.72. The summed E-state index contributed by atoms with van der Waals surface area (Å²) in [7, 11) is -0.777. The molecule has 0 radical (unpaired) electrons. The largest absolute Gasteiger partial charge is 0.495 e.